The van der Waals surface area contributed by atoms with Crippen molar-refractivity contribution in [1.82, 2.24) is 15.1 Å². The summed E-state index contributed by atoms with van der Waals surface area (Å²) in [6.45, 7) is 8.81. The number of likely N-dealkylation sites (tertiary alicyclic amines) is 1. The van der Waals surface area contributed by atoms with E-state index in [0.29, 0.717) is 11.6 Å². The van der Waals surface area contributed by atoms with Crippen molar-refractivity contribution >= 4 is 17.4 Å². The third-order valence-corrected chi connectivity index (χ3v) is 4.85. The molecule has 132 valence electrons. The van der Waals surface area contributed by atoms with Crippen LogP contribution in [0.4, 0.5) is 11.5 Å². The van der Waals surface area contributed by atoms with Crippen molar-refractivity contribution in [2.24, 2.45) is 5.92 Å². The van der Waals surface area contributed by atoms with Crippen LogP contribution in [0.5, 0.6) is 0 Å². The standard InChI is InChI=1S/C20H26N4O/c1-4-24(17-7-5-6-16(3)14-17)19-9-8-18(21-22-19)20(25)23-12-10-15(2)11-13-23/h5-9,14-15H,4,10-13H2,1-3H3. The van der Waals surface area contributed by atoms with Crippen molar-refractivity contribution in [3.63, 3.8) is 0 Å². The number of hydrogen-bond acceptors (Lipinski definition) is 4. The van der Waals surface area contributed by atoms with Crippen molar-refractivity contribution in [2.75, 3.05) is 24.5 Å². The maximum absolute atomic E-state index is 12.6. The Kier molecular flexibility index (Phi) is 5.31. The fraction of sp³-hybridized carbons (Fsp3) is 0.450. The molecular formula is C20H26N4O. The molecule has 5 nitrogen and oxygen atoms in total. The summed E-state index contributed by atoms with van der Waals surface area (Å²) >= 11 is 0. The number of carbonyl (C=O) groups excluding carboxylic acids is 1. The highest BCUT2D eigenvalue weighted by Crippen LogP contribution is 2.24. The first kappa shape index (κ1) is 17.4. The van der Waals surface area contributed by atoms with Gasteiger partial charge in [-0.15, -0.1) is 10.2 Å². The van der Waals surface area contributed by atoms with E-state index in [9.17, 15) is 4.79 Å². The van der Waals surface area contributed by atoms with Gasteiger partial charge in [-0.3, -0.25) is 4.79 Å². The molecule has 1 saturated heterocycles. The lowest BCUT2D eigenvalue weighted by Crippen LogP contribution is -2.38. The van der Waals surface area contributed by atoms with Crippen LogP contribution in [0.2, 0.25) is 0 Å². The Balaban J connectivity index is 1.76. The van der Waals surface area contributed by atoms with Gasteiger partial charge >= 0.3 is 0 Å². The van der Waals surface area contributed by atoms with Gasteiger partial charge in [0.15, 0.2) is 11.5 Å². The molecule has 0 saturated carbocycles. The molecule has 0 N–H and O–H groups in total. The largest absolute Gasteiger partial charge is 0.337 e. The smallest absolute Gasteiger partial charge is 0.274 e. The van der Waals surface area contributed by atoms with Crippen LogP contribution in [0.25, 0.3) is 0 Å². The van der Waals surface area contributed by atoms with E-state index < -0.39 is 0 Å². The highest BCUT2D eigenvalue weighted by atomic mass is 16.2. The fourth-order valence-electron chi connectivity index (χ4n) is 3.23. The van der Waals surface area contributed by atoms with Crippen LogP contribution < -0.4 is 4.90 Å². The summed E-state index contributed by atoms with van der Waals surface area (Å²) < 4.78 is 0. The molecule has 0 spiro atoms. The molecule has 1 aromatic carbocycles. The molecule has 5 heteroatoms. The van der Waals surface area contributed by atoms with E-state index in [4.69, 9.17) is 0 Å². The molecule has 0 atom stereocenters. The number of aromatic nitrogens is 2. The Hall–Kier alpha value is -2.43. The molecule has 1 aliphatic rings. The zero-order valence-corrected chi connectivity index (χ0v) is 15.3. The van der Waals surface area contributed by atoms with Gasteiger partial charge in [0.2, 0.25) is 0 Å². The summed E-state index contributed by atoms with van der Waals surface area (Å²) in [4.78, 5) is 16.6. The zero-order valence-electron chi connectivity index (χ0n) is 15.3. The van der Waals surface area contributed by atoms with E-state index in [2.05, 4.69) is 54.1 Å². The molecule has 1 amide bonds. The second kappa shape index (κ2) is 7.64. The Morgan fingerprint density at radius 1 is 1.20 bits per heavy atom. The summed E-state index contributed by atoms with van der Waals surface area (Å²) in [7, 11) is 0. The highest BCUT2D eigenvalue weighted by Gasteiger charge is 2.23. The van der Waals surface area contributed by atoms with Crippen molar-refractivity contribution in [3.05, 3.63) is 47.7 Å². The average Bonchev–Trinajstić information content (AvgIpc) is 2.63. The molecule has 2 heterocycles. The van der Waals surface area contributed by atoms with Gasteiger partial charge in [0, 0.05) is 25.3 Å². The molecule has 1 fully saturated rings. The quantitative estimate of drug-likeness (QED) is 0.850. The molecule has 1 aliphatic heterocycles. The van der Waals surface area contributed by atoms with E-state index in [0.717, 1.165) is 44.0 Å². The molecular weight excluding hydrogens is 312 g/mol. The highest BCUT2D eigenvalue weighted by molar-refractivity contribution is 5.92. The van der Waals surface area contributed by atoms with Gasteiger partial charge in [-0.25, -0.2) is 0 Å². The van der Waals surface area contributed by atoms with Crippen LogP contribution in [-0.4, -0.2) is 40.6 Å². The Bertz CT molecular complexity index is 721. The van der Waals surface area contributed by atoms with Crippen LogP contribution in [0.1, 0.15) is 42.7 Å². The predicted octanol–water partition coefficient (Wildman–Crippen LogP) is 3.82. The number of amides is 1. The first-order chi connectivity index (χ1) is 12.1. The van der Waals surface area contributed by atoms with Gasteiger partial charge in [0.25, 0.3) is 5.91 Å². The van der Waals surface area contributed by atoms with Crippen LogP contribution in [0.15, 0.2) is 36.4 Å². The van der Waals surface area contributed by atoms with Crippen LogP contribution in [0.3, 0.4) is 0 Å². The van der Waals surface area contributed by atoms with Crippen molar-refractivity contribution in [3.8, 4) is 0 Å². The third-order valence-electron chi connectivity index (χ3n) is 4.85. The number of aryl methyl sites for hydroxylation is 1. The lowest BCUT2D eigenvalue weighted by atomic mass is 9.99. The normalized spacial score (nSPS) is 15.2. The van der Waals surface area contributed by atoms with Crippen LogP contribution in [0, 0.1) is 12.8 Å². The molecule has 3 rings (SSSR count). The Morgan fingerprint density at radius 2 is 1.96 bits per heavy atom. The van der Waals surface area contributed by atoms with Gasteiger partial charge in [0.05, 0.1) is 0 Å². The SMILES string of the molecule is CCN(c1cccc(C)c1)c1ccc(C(=O)N2CCC(C)CC2)nn1. The fourth-order valence-corrected chi connectivity index (χ4v) is 3.23. The van der Waals surface area contributed by atoms with E-state index in [-0.39, 0.29) is 5.91 Å². The molecule has 2 aromatic rings. The minimum absolute atomic E-state index is 0.00967. The second-order valence-corrected chi connectivity index (χ2v) is 6.83. The Morgan fingerprint density at radius 3 is 2.56 bits per heavy atom. The number of hydrogen-bond donors (Lipinski definition) is 0. The third kappa shape index (κ3) is 3.98. The van der Waals surface area contributed by atoms with Crippen molar-refractivity contribution in [1.29, 1.82) is 0 Å². The Labute approximate surface area is 149 Å². The molecule has 0 radical (unpaired) electrons. The van der Waals surface area contributed by atoms with E-state index in [1.54, 1.807) is 6.07 Å². The van der Waals surface area contributed by atoms with Crippen LogP contribution >= 0.6 is 0 Å². The predicted molar refractivity (Wildman–Crippen MR) is 100 cm³/mol. The number of carbonyl (C=O) groups is 1. The van der Waals surface area contributed by atoms with E-state index >= 15 is 0 Å². The van der Waals surface area contributed by atoms with Gasteiger partial charge in [-0.05, 0) is 62.4 Å². The lowest BCUT2D eigenvalue weighted by Gasteiger charge is -2.30. The summed E-state index contributed by atoms with van der Waals surface area (Å²) in [5, 5.41) is 8.52. The molecule has 0 unspecified atom stereocenters. The number of anilines is 2. The van der Waals surface area contributed by atoms with E-state index in [1.165, 1.54) is 5.56 Å². The van der Waals surface area contributed by atoms with Crippen molar-refractivity contribution < 1.29 is 4.79 Å². The van der Waals surface area contributed by atoms with Gasteiger partial charge in [-0.1, -0.05) is 19.1 Å². The zero-order chi connectivity index (χ0) is 17.8. The lowest BCUT2D eigenvalue weighted by molar-refractivity contribution is 0.0690. The summed E-state index contributed by atoms with van der Waals surface area (Å²) in [5.41, 5.74) is 2.72. The van der Waals surface area contributed by atoms with Crippen molar-refractivity contribution in [2.45, 2.75) is 33.6 Å². The molecule has 0 bridgehead atoms. The maximum Gasteiger partial charge on any atom is 0.274 e. The average molecular weight is 338 g/mol. The number of piperidine rings is 1. The molecule has 25 heavy (non-hydrogen) atoms. The van der Waals surface area contributed by atoms with Gasteiger partial charge in [-0.2, -0.15) is 0 Å². The minimum Gasteiger partial charge on any atom is -0.337 e. The number of benzene rings is 1. The second-order valence-electron chi connectivity index (χ2n) is 6.83. The summed E-state index contributed by atoms with van der Waals surface area (Å²) in [5.74, 6) is 1.45. The minimum atomic E-state index is -0.00967. The summed E-state index contributed by atoms with van der Waals surface area (Å²) in [6, 6.07) is 12.0. The maximum atomic E-state index is 12.6. The van der Waals surface area contributed by atoms with Gasteiger partial charge < -0.3 is 9.80 Å². The first-order valence-corrected chi connectivity index (χ1v) is 9.05. The number of rotatable bonds is 4. The van der Waals surface area contributed by atoms with E-state index in [1.807, 2.05) is 17.0 Å². The molecule has 0 aliphatic carbocycles. The van der Waals surface area contributed by atoms with Gasteiger partial charge in [0.1, 0.15) is 0 Å². The first-order valence-electron chi connectivity index (χ1n) is 9.05. The van der Waals surface area contributed by atoms with Crippen LogP contribution in [-0.2, 0) is 0 Å². The monoisotopic (exact) mass is 338 g/mol. The number of nitrogens with zero attached hydrogens (tertiary/aromatic N) is 4. The summed E-state index contributed by atoms with van der Waals surface area (Å²) in [6.07, 6.45) is 2.13. The molecule has 1 aromatic heterocycles. The topological polar surface area (TPSA) is 49.3 Å².